The van der Waals surface area contributed by atoms with Crippen LogP contribution < -0.4 is 0 Å². The average molecular weight is 242 g/mol. The highest BCUT2D eigenvalue weighted by Crippen LogP contribution is 2.42. The third-order valence-corrected chi connectivity index (χ3v) is 5.71. The summed E-state index contributed by atoms with van der Waals surface area (Å²) in [6, 6.07) is 0. The van der Waals surface area contributed by atoms with E-state index in [1.165, 1.54) is 44.9 Å². The molecule has 0 spiro atoms. The quantitative estimate of drug-likeness (QED) is 0.526. The van der Waals surface area contributed by atoms with Crippen LogP contribution in [0.1, 0.15) is 58.8 Å². The number of ether oxygens (including phenoxy) is 1. The molecule has 3 atom stereocenters. The Bertz CT molecular complexity index is 220. The third-order valence-electron chi connectivity index (χ3n) is 4.84. The van der Waals surface area contributed by atoms with Crippen LogP contribution in [0.15, 0.2) is 0 Å². The Morgan fingerprint density at radius 1 is 1.25 bits per heavy atom. The van der Waals surface area contributed by atoms with Crippen LogP contribution in [0, 0.1) is 5.92 Å². The van der Waals surface area contributed by atoms with Gasteiger partial charge in [0.05, 0.1) is 17.8 Å². The van der Waals surface area contributed by atoms with Gasteiger partial charge in [-0.05, 0) is 50.9 Å². The van der Waals surface area contributed by atoms with E-state index >= 15 is 0 Å². The van der Waals surface area contributed by atoms with Gasteiger partial charge in [0.2, 0.25) is 0 Å². The number of rotatable bonds is 6. The molecule has 1 heterocycles. The van der Waals surface area contributed by atoms with E-state index in [-0.39, 0.29) is 5.60 Å². The molecule has 1 aliphatic carbocycles. The maximum absolute atomic E-state index is 5.87. The molecule has 1 saturated heterocycles. The molecule has 1 saturated carbocycles. The van der Waals surface area contributed by atoms with Crippen LogP contribution in [0.4, 0.5) is 0 Å². The zero-order valence-corrected chi connectivity index (χ0v) is 13.0. The van der Waals surface area contributed by atoms with E-state index in [0.29, 0.717) is 12.2 Å². The maximum atomic E-state index is 5.87. The number of epoxide rings is 1. The molecule has 0 aromatic heterocycles. The van der Waals surface area contributed by atoms with E-state index < -0.39 is 0 Å². The van der Waals surface area contributed by atoms with Crippen molar-refractivity contribution < 1.29 is 9.16 Å². The van der Waals surface area contributed by atoms with Gasteiger partial charge in [-0.15, -0.1) is 0 Å². The molecule has 16 heavy (non-hydrogen) atoms. The Hall–Kier alpha value is 0.137. The summed E-state index contributed by atoms with van der Waals surface area (Å²) in [6.07, 6.45) is 10.2. The van der Waals surface area contributed by atoms with Crippen LogP contribution >= 0.6 is 0 Å². The lowest BCUT2D eigenvalue weighted by Gasteiger charge is -2.33. The molecule has 0 amide bonds. The Kier molecular flexibility index (Phi) is 4.09. The highest BCUT2D eigenvalue weighted by Gasteiger charge is 2.43. The average Bonchev–Trinajstić information content (AvgIpc) is 3.10. The van der Waals surface area contributed by atoms with Gasteiger partial charge < -0.3 is 9.16 Å². The minimum atomic E-state index is 0.202. The zero-order valence-electron chi connectivity index (χ0n) is 11.0. The molecular weight excluding hydrogens is 216 g/mol. The van der Waals surface area contributed by atoms with Crippen molar-refractivity contribution in [1.82, 2.24) is 0 Å². The van der Waals surface area contributed by atoms with Crippen molar-refractivity contribution in [2.75, 3.05) is 0 Å². The molecule has 2 fully saturated rings. The van der Waals surface area contributed by atoms with Gasteiger partial charge in [-0.3, -0.25) is 0 Å². The van der Waals surface area contributed by atoms with Crippen molar-refractivity contribution in [1.29, 1.82) is 0 Å². The fraction of sp³-hybridized carbons (Fsp3) is 1.00. The van der Waals surface area contributed by atoms with Gasteiger partial charge in [0.25, 0.3) is 0 Å². The van der Waals surface area contributed by atoms with Crippen molar-refractivity contribution in [3.8, 4) is 0 Å². The van der Waals surface area contributed by atoms with Crippen molar-refractivity contribution in [3.05, 3.63) is 0 Å². The molecular formula is C13H26O2Si. The number of hydrogen-bond acceptors (Lipinski definition) is 2. The molecule has 3 heteroatoms. The second-order valence-electron chi connectivity index (χ2n) is 5.52. The molecule has 2 rings (SSSR count). The fourth-order valence-corrected chi connectivity index (χ4v) is 3.99. The van der Waals surface area contributed by atoms with Crippen molar-refractivity contribution >= 4 is 10.5 Å². The summed E-state index contributed by atoms with van der Waals surface area (Å²) >= 11 is 0. The first-order chi connectivity index (χ1) is 7.73. The van der Waals surface area contributed by atoms with Gasteiger partial charge in [0, 0.05) is 0 Å². The van der Waals surface area contributed by atoms with Crippen LogP contribution in [0.2, 0.25) is 0 Å². The molecule has 94 valence electrons. The van der Waals surface area contributed by atoms with Crippen LogP contribution in [0.3, 0.4) is 0 Å². The molecule has 0 aromatic rings. The summed E-state index contributed by atoms with van der Waals surface area (Å²) in [5.74, 6) is 0.901. The minimum absolute atomic E-state index is 0.202. The van der Waals surface area contributed by atoms with Gasteiger partial charge in [-0.2, -0.15) is 0 Å². The minimum Gasteiger partial charge on any atom is -0.422 e. The monoisotopic (exact) mass is 242 g/mol. The summed E-state index contributed by atoms with van der Waals surface area (Å²) in [4.78, 5) is 0. The predicted molar refractivity (Wildman–Crippen MR) is 69.6 cm³/mol. The second kappa shape index (κ2) is 5.19. The molecule has 3 unspecified atom stereocenters. The third kappa shape index (κ3) is 2.69. The molecule has 0 bridgehead atoms. The SMILES string of the molecule is CCC(CC)(CCC1CCC2OC2C1)O[SiH3]. The number of hydrogen-bond donors (Lipinski definition) is 0. The first-order valence-corrected chi connectivity index (χ1v) is 7.75. The summed E-state index contributed by atoms with van der Waals surface area (Å²) in [5, 5.41) is 0. The van der Waals surface area contributed by atoms with E-state index in [0.717, 1.165) is 16.4 Å². The lowest BCUT2D eigenvalue weighted by atomic mass is 9.81. The molecule has 0 radical (unpaired) electrons. The van der Waals surface area contributed by atoms with E-state index in [1.807, 2.05) is 0 Å². The van der Waals surface area contributed by atoms with Crippen molar-refractivity contribution in [3.63, 3.8) is 0 Å². The lowest BCUT2D eigenvalue weighted by molar-refractivity contribution is 0.0522. The highest BCUT2D eigenvalue weighted by atomic mass is 28.2. The smallest absolute Gasteiger partial charge is 0.146 e. The largest absolute Gasteiger partial charge is 0.422 e. The van der Waals surface area contributed by atoms with Gasteiger partial charge in [0.15, 0.2) is 0 Å². The molecule has 1 aliphatic heterocycles. The molecule has 0 aromatic carbocycles. The first-order valence-electron chi connectivity index (χ1n) is 6.93. The first kappa shape index (κ1) is 12.6. The van der Waals surface area contributed by atoms with Crippen molar-refractivity contribution in [2.24, 2.45) is 5.92 Å². The van der Waals surface area contributed by atoms with E-state index in [4.69, 9.17) is 9.16 Å². The Morgan fingerprint density at radius 3 is 2.56 bits per heavy atom. The normalized spacial score (nSPS) is 33.8. The molecule has 2 aliphatic rings. The lowest BCUT2D eigenvalue weighted by Crippen LogP contribution is -2.31. The molecule has 0 N–H and O–H groups in total. The second-order valence-corrected chi connectivity index (χ2v) is 5.93. The fourth-order valence-electron chi connectivity index (χ4n) is 3.21. The van der Waals surface area contributed by atoms with E-state index in [2.05, 4.69) is 13.8 Å². The van der Waals surface area contributed by atoms with E-state index in [1.54, 1.807) is 0 Å². The topological polar surface area (TPSA) is 21.8 Å². The highest BCUT2D eigenvalue weighted by molar-refractivity contribution is 5.98. The summed E-state index contributed by atoms with van der Waals surface area (Å²) < 4.78 is 11.5. The van der Waals surface area contributed by atoms with Crippen LogP contribution in [0.25, 0.3) is 0 Å². The van der Waals surface area contributed by atoms with Gasteiger partial charge in [-0.25, -0.2) is 0 Å². The van der Waals surface area contributed by atoms with Crippen LogP contribution in [-0.2, 0) is 9.16 Å². The van der Waals surface area contributed by atoms with Crippen molar-refractivity contribution in [2.45, 2.75) is 76.6 Å². The number of fused-ring (bicyclic) bond motifs is 1. The predicted octanol–water partition coefficient (Wildman–Crippen LogP) is 2.19. The zero-order chi connectivity index (χ0) is 11.6. The van der Waals surface area contributed by atoms with Gasteiger partial charge in [-0.1, -0.05) is 13.8 Å². The molecule has 2 nitrogen and oxygen atoms in total. The standard InChI is InChI=1S/C13H26O2Si/c1-3-13(4-2,15-16)8-7-10-5-6-11-12(9-10)14-11/h10-12H,3-9H2,1-2,16H3. The van der Waals surface area contributed by atoms with E-state index in [9.17, 15) is 0 Å². The van der Waals surface area contributed by atoms with Gasteiger partial charge in [0.1, 0.15) is 10.5 Å². The Morgan fingerprint density at radius 2 is 2.00 bits per heavy atom. The Balaban J connectivity index is 1.76. The summed E-state index contributed by atoms with van der Waals surface area (Å²) in [6.45, 7) is 4.53. The maximum Gasteiger partial charge on any atom is 0.146 e. The Labute approximate surface area is 103 Å². The van der Waals surface area contributed by atoms with Crippen LogP contribution in [0.5, 0.6) is 0 Å². The summed E-state index contributed by atoms with van der Waals surface area (Å²) in [5.41, 5.74) is 0.202. The van der Waals surface area contributed by atoms with Gasteiger partial charge >= 0.3 is 0 Å². The summed E-state index contributed by atoms with van der Waals surface area (Å²) in [7, 11) is 0.873. The van der Waals surface area contributed by atoms with Crippen LogP contribution in [-0.4, -0.2) is 28.3 Å².